The second-order valence-corrected chi connectivity index (χ2v) is 11.0. The molecule has 0 radical (unpaired) electrons. The molecule has 0 aliphatic carbocycles. The van der Waals surface area contributed by atoms with Gasteiger partial charge in [-0.3, -0.25) is 4.79 Å². The molecule has 0 bridgehead atoms. The molecule has 6 nitrogen and oxygen atoms in total. The van der Waals surface area contributed by atoms with Crippen LogP contribution in [-0.2, 0) is 17.8 Å². The standard InChI is InChI=1S/C32H31FN4O2S/c1-3-4-23(18-37(19-38)25-16-35-17-25)31-29(26-8-7-24(33)14-28(26)39-2)32-27(10-12-40-32)30(36-31)21-5-6-22-15-34-11-9-20(22)13-21/h3-8,10,12-14,18-19,25,34-35H,9,11,15-17H2,1-2H3/b4-3-,23-18+. The van der Waals surface area contributed by atoms with Crippen LogP contribution in [0.5, 0.6) is 5.75 Å². The van der Waals surface area contributed by atoms with E-state index in [9.17, 15) is 9.18 Å². The lowest BCUT2D eigenvalue weighted by atomic mass is 9.93. The van der Waals surface area contributed by atoms with Gasteiger partial charge in [0.2, 0.25) is 6.41 Å². The summed E-state index contributed by atoms with van der Waals surface area (Å²) in [6.07, 6.45) is 7.65. The second kappa shape index (κ2) is 11.3. The summed E-state index contributed by atoms with van der Waals surface area (Å²) in [6.45, 7) is 5.26. The number of aromatic nitrogens is 1. The molecule has 2 aliphatic rings. The molecule has 4 aromatic rings. The molecule has 2 N–H and O–H groups in total. The first-order valence-corrected chi connectivity index (χ1v) is 14.4. The van der Waals surface area contributed by atoms with Gasteiger partial charge in [0.1, 0.15) is 11.6 Å². The fraction of sp³-hybridized carbons (Fsp3) is 0.250. The van der Waals surface area contributed by atoms with Crippen LogP contribution in [0.1, 0.15) is 23.7 Å². The number of ether oxygens (including phenoxy) is 1. The number of amides is 1. The molecule has 6 rings (SSSR count). The molecule has 0 atom stereocenters. The Morgan fingerprint density at radius 2 is 2.02 bits per heavy atom. The van der Waals surface area contributed by atoms with Crippen molar-refractivity contribution in [2.24, 2.45) is 0 Å². The van der Waals surface area contributed by atoms with E-state index in [2.05, 4.69) is 40.3 Å². The Balaban J connectivity index is 1.65. The molecule has 1 saturated heterocycles. The number of fused-ring (bicyclic) bond motifs is 2. The highest BCUT2D eigenvalue weighted by Gasteiger charge is 2.26. The zero-order valence-corrected chi connectivity index (χ0v) is 23.4. The van der Waals surface area contributed by atoms with Gasteiger partial charge in [0.05, 0.1) is 24.5 Å². The van der Waals surface area contributed by atoms with Gasteiger partial charge < -0.3 is 20.3 Å². The summed E-state index contributed by atoms with van der Waals surface area (Å²) in [7, 11) is 1.55. The van der Waals surface area contributed by atoms with Crippen molar-refractivity contribution in [2.45, 2.75) is 25.9 Å². The fourth-order valence-electron chi connectivity index (χ4n) is 5.43. The van der Waals surface area contributed by atoms with E-state index >= 15 is 0 Å². The maximum atomic E-state index is 14.3. The van der Waals surface area contributed by atoms with Gasteiger partial charge in [-0.15, -0.1) is 11.3 Å². The Labute approximate surface area is 237 Å². The molecular formula is C32H31FN4O2S. The summed E-state index contributed by atoms with van der Waals surface area (Å²) in [5.74, 6) is 0.0635. The predicted molar refractivity (Wildman–Crippen MR) is 160 cm³/mol. The van der Waals surface area contributed by atoms with Crippen molar-refractivity contribution in [3.8, 4) is 28.1 Å². The third kappa shape index (κ3) is 4.83. The molecule has 40 heavy (non-hydrogen) atoms. The van der Waals surface area contributed by atoms with Gasteiger partial charge in [-0.2, -0.15) is 0 Å². The number of thiophene rings is 1. The van der Waals surface area contributed by atoms with Gasteiger partial charge in [-0.1, -0.05) is 24.3 Å². The lowest BCUT2D eigenvalue weighted by Crippen LogP contribution is -2.55. The van der Waals surface area contributed by atoms with Gasteiger partial charge in [0, 0.05) is 64.3 Å². The number of hydrogen-bond acceptors (Lipinski definition) is 6. The minimum Gasteiger partial charge on any atom is -0.496 e. The van der Waals surface area contributed by atoms with E-state index in [0.717, 1.165) is 77.1 Å². The summed E-state index contributed by atoms with van der Waals surface area (Å²) in [4.78, 5) is 19.2. The van der Waals surface area contributed by atoms with Crippen LogP contribution in [0.3, 0.4) is 0 Å². The van der Waals surface area contributed by atoms with Crippen molar-refractivity contribution in [3.63, 3.8) is 0 Å². The van der Waals surface area contributed by atoms with Crippen LogP contribution in [0, 0.1) is 5.82 Å². The third-order valence-corrected chi connectivity index (χ3v) is 8.55. The molecule has 1 fully saturated rings. The zero-order chi connectivity index (χ0) is 27.6. The molecule has 8 heteroatoms. The number of benzene rings is 2. The fourth-order valence-corrected chi connectivity index (χ4v) is 6.39. The number of methoxy groups -OCH3 is 1. The summed E-state index contributed by atoms with van der Waals surface area (Å²) in [5.41, 5.74) is 7.70. The molecule has 2 aromatic heterocycles. The highest BCUT2D eigenvalue weighted by Crippen LogP contribution is 2.45. The number of carbonyl (C=O) groups excluding carboxylic acids is 1. The third-order valence-electron chi connectivity index (χ3n) is 7.62. The van der Waals surface area contributed by atoms with Gasteiger partial charge in [-0.05, 0) is 60.7 Å². The van der Waals surface area contributed by atoms with Crippen molar-refractivity contribution in [1.82, 2.24) is 20.5 Å². The monoisotopic (exact) mass is 554 g/mol. The van der Waals surface area contributed by atoms with Crippen molar-refractivity contribution in [1.29, 1.82) is 0 Å². The largest absolute Gasteiger partial charge is 0.496 e. The second-order valence-electron chi connectivity index (χ2n) is 10.1. The van der Waals surface area contributed by atoms with E-state index in [1.807, 2.05) is 25.3 Å². The predicted octanol–water partition coefficient (Wildman–Crippen LogP) is 5.77. The minimum atomic E-state index is -0.369. The van der Waals surface area contributed by atoms with Gasteiger partial charge in [0.25, 0.3) is 0 Å². The quantitative estimate of drug-likeness (QED) is 0.214. The van der Waals surface area contributed by atoms with Gasteiger partial charge >= 0.3 is 0 Å². The first kappa shape index (κ1) is 26.4. The Kier molecular flexibility index (Phi) is 7.47. The minimum absolute atomic E-state index is 0.0840. The number of rotatable bonds is 8. The lowest BCUT2D eigenvalue weighted by molar-refractivity contribution is -0.118. The van der Waals surface area contributed by atoms with E-state index < -0.39 is 0 Å². The topological polar surface area (TPSA) is 66.5 Å². The van der Waals surface area contributed by atoms with Crippen LogP contribution in [-0.4, -0.2) is 49.1 Å². The molecule has 4 heterocycles. The van der Waals surface area contributed by atoms with Crippen molar-refractivity contribution in [3.05, 3.63) is 88.8 Å². The van der Waals surface area contributed by atoms with Crippen molar-refractivity contribution in [2.75, 3.05) is 26.7 Å². The maximum Gasteiger partial charge on any atom is 0.214 e. The highest BCUT2D eigenvalue weighted by molar-refractivity contribution is 7.17. The molecule has 0 unspecified atom stereocenters. The number of pyridine rings is 1. The first-order valence-electron chi connectivity index (χ1n) is 13.5. The van der Waals surface area contributed by atoms with Gasteiger partial charge in [-0.25, -0.2) is 9.37 Å². The smallest absolute Gasteiger partial charge is 0.214 e. The number of hydrogen-bond donors (Lipinski definition) is 2. The molecular weight excluding hydrogens is 523 g/mol. The number of carbonyl (C=O) groups is 1. The molecule has 2 aliphatic heterocycles. The molecule has 2 aromatic carbocycles. The van der Waals surface area contributed by atoms with Crippen LogP contribution >= 0.6 is 11.3 Å². The van der Waals surface area contributed by atoms with E-state index in [-0.39, 0.29) is 11.9 Å². The van der Waals surface area contributed by atoms with E-state index in [1.54, 1.807) is 29.4 Å². The Bertz CT molecular complexity index is 1640. The highest BCUT2D eigenvalue weighted by atomic mass is 32.1. The number of allylic oxidation sites excluding steroid dienone is 3. The summed E-state index contributed by atoms with van der Waals surface area (Å²) >= 11 is 1.62. The molecule has 0 spiro atoms. The number of nitrogens with zero attached hydrogens (tertiary/aromatic N) is 2. The maximum absolute atomic E-state index is 14.3. The summed E-state index contributed by atoms with van der Waals surface area (Å²) in [6, 6.07) is 13.4. The average Bonchev–Trinajstić information content (AvgIpc) is 3.44. The number of nitrogens with one attached hydrogen (secondary N) is 2. The van der Waals surface area contributed by atoms with Crippen LogP contribution in [0.25, 0.3) is 38.0 Å². The first-order chi connectivity index (χ1) is 19.6. The van der Waals surface area contributed by atoms with E-state index in [1.165, 1.54) is 23.3 Å². The Morgan fingerprint density at radius 1 is 1.15 bits per heavy atom. The van der Waals surface area contributed by atoms with Crippen LogP contribution in [0.2, 0.25) is 0 Å². The van der Waals surface area contributed by atoms with E-state index in [0.29, 0.717) is 11.4 Å². The molecule has 204 valence electrons. The Hall–Kier alpha value is -3.85. The lowest BCUT2D eigenvalue weighted by Gasteiger charge is -2.34. The average molecular weight is 555 g/mol. The van der Waals surface area contributed by atoms with Crippen LogP contribution in [0.15, 0.2) is 66.2 Å². The zero-order valence-electron chi connectivity index (χ0n) is 22.5. The molecule has 1 amide bonds. The summed E-state index contributed by atoms with van der Waals surface area (Å²) in [5, 5.41) is 9.77. The Morgan fingerprint density at radius 3 is 2.77 bits per heavy atom. The SMILES string of the molecule is C/C=C\C(=C/N(C=O)C1CNC1)c1nc(-c2ccc3c(c2)CCNC3)c2ccsc2c1-c1ccc(F)cc1OC. The summed E-state index contributed by atoms with van der Waals surface area (Å²) < 4.78 is 21.0. The van der Waals surface area contributed by atoms with Crippen molar-refractivity contribution >= 4 is 33.4 Å². The van der Waals surface area contributed by atoms with Gasteiger partial charge in [0.15, 0.2) is 0 Å². The van der Waals surface area contributed by atoms with Crippen LogP contribution in [0.4, 0.5) is 4.39 Å². The molecule has 0 saturated carbocycles. The number of halogens is 1. The normalized spacial score (nSPS) is 15.7. The van der Waals surface area contributed by atoms with E-state index in [4.69, 9.17) is 9.72 Å². The van der Waals surface area contributed by atoms with Crippen molar-refractivity contribution < 1.29 is 13.9 Å². The van der Waals surface area contributed by atoms with Crippen LogP contribution < -0.4 is 15.4 Å².